The summed E-state index contributed by atoms with van der Waals surface area (Å²) < 4.78 is 111. The first-order valence-corrected chi connectivity index (χ1v) is 20.4. The average molecular weight is 927 g/mol. The molecule has 3 saturated heterocycles. The molecule has 8 atom stereocenters. The van der Waals surface area contributed by atoms with E-state index in [1.165, 1.54) is 33.1 Å². The van der Waals surface area contributed by atoms with Gasteiger partial charge in [0, 0.05) is 11.8 Å². The monoisotopic (exact) mass is 927 g/mol. The Labute approximate surface area is 376 Å². The molecule has 0 radical (unpaired) electrons. The second kappa shape index (κ2) is 23.5. The van der Waals surface area contributed by atoms with Crippen LogP contribution in [0.4, 0.5) is 26.3 Å². The highest BCUT2D eigenvalue weighted by atomic mass is 19.4. The molecular formula is C47H88F6O10. The SMILES string of the molecule is C.C.C.C.C.C.CCC(C)(C(=O)OC(C)(C)C12CC3CC(CC(C3)C1)C2)C(F)(F)F.CCC(C)(C(=O)OC1COC2C(O)COC12)C(F)(F)F.CCC(C)OC1CC(C)(C)OC1=O. The number of halogens is 6. The lowest BCUT2D eigenvalue weighted by Gasteiger charge is -2.61. The number of alkyl halides is 6. The molecule has 378 valence electrons. The Morgan fingerprint density at radius 1 is 0.730 bits per heavy atom. The number of esters is 3. The van der Waals surface area contributed by atoms with Gasteiger partial charge in [0.2, 0.25) is 0 Å². The van der Waals surface area contributed by atoms with Crippen LogP contribution in [0.25, 0.3) is 0 Å². The van der Waals surface area contributed by atoms with E-state index in [2.05, 4.69) is 0 Å². The maximum Gasteiger partial charge on any atom is 0.404 e. The summed E-state index contributed by atoms with van der Waals surface area (Å²) in [6, 6.07) is 0. The number of aliphatic hydroxyl groups is 1. The quantitative estimate of drug-likeness (QED) is 0.128. The number of ether oxygens (including phenoxy) is 6. The third-order valence-electron chi connectivity index (χ3n) is 13.8. The van der Waals surface area contributed by atoms with Gasteiger partial charge in [-0.3, -0.25) is 9.59 Å². The van der Waals surface area contributed by atoms with Crippen LogP contribution in [0.15, 0.2) is 0 Å². The van der Waals surface area contributed by atoms with Crippen LogP contribution in [0.5, 0.6) is 0 Å². The smallest absolute Gasteiger partial charge is 0.404 e. The number of hydrogen-bond donors (Lipinski definition) is 1. The zero-order chi connectivity index (χ0) is 43.2. The molecule has 0 amide bonds. The highest BCUT2D eigenvalue weighted by molar-refractivity contribution is 5.78. The number of cyclic esters (lactones) is 1. The standard InChI is InChI=1S/C19H29F3O2.C12H17F3O5.C10H18O3.6CH4/c1-5-17(4,19(20,21)22)15(23)24-16(2,3)18-9-12-6-13(10-18)8-14(7-12)11-18;1-3-11(2,12(13,14)15)10(17)20-7-5-19-8-6(16)4-18-9(7)8;1-5-7(2)12-8-6-10(3,4)13-9(8)11;;;;;;/h12-14H,5-11H2,1-4H3;6-9,16H,3-5H2,1-2H3;7-8H,5-6H2,1-4H3;6*1H4. The van der Waals surface area contributed by atoms with E-state index in [4.69, 9.17) is 28.4 Å². The van der Waals surface area contributed by atoms with E-state index in [1.54, 1.807) is 0 Å². The molecule has 16 heteroatoms. The second-order valence-electron chi connectivity index (χ2n) is 18.8. The van der Waals surface area contributed by atoms with Crippen LogP contribution in [-0.2, 0) is 42.8 Å². The molecule has 4 bridgehead atoms. The predicted molar refractivity (Wildman–Crippen MR) is 235 cm³/mol. The normalized spacial score (nSPS) is 32.0. The van der Waals surface area contributed by atoms with E-state index >= 15 is 0 Å². The van der Waals surface area contributed by atoms with Crippen molar-refractivity contribution in [3.63, 3.8) is 0 Å². The van der Waals surface area contributed by atoms with E-state index < -0.39 is 71.6 Å². The zero-order valence-electron chi connectivity index (χ0n) is 35.1. The molecule has 0 aromatic heterocycles. The lowest BCUT2D eigenvalue weighted by Crippen LogP contribution is -2.58. The van der Waals surface area contributed by atoms with Crippen molar-refractivity contribution < 1.29 is 74.3 Å². The molecule has 10 nitrogen and oxygen atoms in total. The Balaban J connectivity index is -0.000000849. The molecule has 3 heterocycles. The average Bonchev–Trinajstić information content (AvgIpc) is 3.75. The summed E-state index contributed by atoms with van der Waals surface area (Å²) in [4.78, 5) is 35.7. The molecule has 3 aliphatic heterocycles. The summed E-state index contributed by atoms with van der Waals surface area (Å²) in [5.41, 5.74) is -6.32. The molecule has 0 aromatic rings. The van der Waals surface area contributed by atoms with Crippen molar-refractivity contribution in [3.05, 3.63) is 0 Å². The van der Waals surface area contributed by atoms with Gasteiger partial charge in [-0.15, -0.1) is 0 Å². The Morgan fingerprint density at radius 3 is 1.54 bits per heavy atom. The molecule has 8 unspecified atom stereocenters. The molecule has 63 heavy (non-hydrogen) atoms. The molecule has 0 spiro atoms. The van der Waals surface area contributed by atoms with Gasteiger partial charge in [0.05, 0.1) is 19.3 Å². The van der Waals surface area contributed by atoms with Gasteiger partial charge in [-0.05, 0) is 124 Å². The highest BCUT2D eigenvalue weighted by Gasteiger charge is 2.63. The van der Waals surface area contributed by atoms with E-state index in [0.717, 1.165) is 39.5 Å². The Morgan fingerprint density at radius 2 is 1.16 bits per heavy atom. The Bertz CT molecular complexity index is 1400. The van der Waals surface area contributed by atoms with Gasteiger partial charge in [-0.2, -0.15) is 26.3 Å². The van der Waals surface area contributed by atoms with Crippen molar-refractivity contribution in [1.82, 2.24) is 0 Å². The summed E-state index contributed by atoms with van der Waals surface area (Å²) in [6.07, 6.45) is -5.02. The van der Waals surface area contributed by atoms with Gasteiger partial charge < -0.3 is 33.5 Å². The molecule has 4 saturated carbocycles. The maximum atomic E-state index is 13.4. The number of carbonyl (C=O) groups is 3. The summed E-state index contributed by atoms with van der Waals surface area (Å²) >= 11 is 0. The second-order valence-corrected chi connectivity index (χ2v) is 18.8. The van der Waals surface area contributed by atoms with Crippen LogP contribution in [0.1, 0.15) is 178 Å². The lowest BCUT2D eigenvalue weighted by molar-refractivity contribution is -0.249. The highest BCUT2D eigenvalue weighted by Crippen LogP contribution is 2.64. The molecule has 4 aliphatic carbocycles. The van der Waals surface area contributed by atoms with Crippen molar-refractivity contribution in [2.75, 3.05) is 13.2 Å². The van der Waals surface area contributed by atoms with Gasteiger partial charge in [-0.25, -0.2) is 4.79 Å². The van der Waals surface area contributed by atoms with Crippen LogP contribution in [-0.4, -0.2) is 96.4 Å². The maximum absolute atomic E-state index is 13.4. The minimum Gasteiger partial charge on any atom is -0.458 e. The molecular weight excluding hydrogens is 838 g/mol. The largest absolute Gasteiger partial charge is 0.458 e. The topological polar surface area (TPSA) is 127 Å². The number of aliphatic hydroxyl groups excluding tert-OH is 1. The van der Waals surface area contributed by atoms with Crippen LogP contribution >= 0.6 is 0 Å². The van der Waals surface area contributed by atoms with Gasteiger partial charge >= 0.3 is 30.3 Å². The van der Waals surface area contributed by atoms with Gasteiger partial charge in [0.25, 0.3) is 0 Å². The molecule has 7 fully saturated rings. The molecule has 0 aromatic carbocycles. The summed E-state index contributed by atoms with van der Waals surface area (Å²) in [5, 5.41) is 9.52. The number of rotatable bonds is 10. The van der Waals surface area contributed by atoms with Gasteiger partial charge in [0.1, 0.15) is 29.5 Å². The Hall–Kier alpha value is -2.17. The fourth-order valence-electron chi connectivity index (χ4n) is 9.42. The van der Waals surface area contributed by atoms with Crippen molar-refractivity contribution in [2.45, 2.75) is 238 Å². The fourth-order valence-corrected chi connectivity index (χ4v) is 9.42. The summed E-state index contributed by atoms with van der Waals surface area (Å²) in [7, 11) is 0. The molecule has 7 rings (SSSR count). The first-order chi connectivity index (χ1) is 26.1. The van der Waals surface area contributed by atoms with E-state index in [-0.39, 0.29) is 93.4 Å². The summed E-state index contributed by atoms with van der Waals surface area (Å²) in [6.45, 7) is 15.9. The summed E-state index contributed by atoms with van der Waals surface area (Å²) in [5.74, 6) is -0.687. The lowest BCUT2D eigenvalue weighted by atomic mass is 9.46. The first-order valence-electron chi connectivity index (χ1n) is 20.4. The number of fused-ring (bicyclic) bond motifs is 1. The van der Waals surface area contributed by atoms with Crippen LogP contribution < -0.4 is 0 Å². The number of carbonyl (C=O) groups excluding carboxylic acids is 3. The van der Waals surface area contributed by atoms with E-state index in [0.29, 0.717) is 24.2 Å². The third kappa shape index (κ3) is 13.7. The molecule has 1 N–H and O–H groups in total. The van der Waals surface area contributed by atoms with Gasteiger partial charge in [-0.1, -0.05) is 65.3 Å². The third-order valence-corrected chi connectivity index (χ3v) is 13.8. The van der Waals surface area contributed by atoms with Crippen molar-refractivity contribution >= 4 is 17.9 Å². The minimum absolute atomic E-state index is 0. The van der Waals surface area contributed by atoms with Gasteiger partial charge in [0.15, 0.2) is 23.0 Å². The predicted octanol–water partition coefficient (Wildman–Crippen LogP) is 12.3. The molecule has 7 aliphatic rings. The van der Waals surface area contributed by atoms with Crippen LogP contribution in [0.2, 0.25) is 0 Å². The first kappa shape index (κ1) is 65.1. The van der Waals surface area contributed by atoms with Crippen molar-refractivity contribution in [1.29, 1.82) is 0 Å². The van der Waals surface area contributed by atoms with E-state index in [9.17, 15) is 45.8 Å². The fraction of sp³-hybridized carbons (Fsp3) is 0.936. The Kier molecular flexibility index (Phi) is 24.3. The zero-order valence-corrected chi connectivity index (χ0v) is 35.1. The van der Waals surface area contributed by atoms with Crippen molar-refractivity contribution in [2.24, 2.45) is 34.0 Å². The van der Waals surface area contributed by atoms with Crippen LogP contribution in [0.3, 0.4) is 0 Å². The number of hydrogen-bond acceptors (Lipinski definition) is 10. The minimum atomic E-state index is -4.69. The van der Waals surface area contributed by atoms with E-state index in [1.807, 2.05) is 41.5 Å². The van der Waals surface area contributed by atoms with Crippen LogP contribution in [0, 0.1) is 34.0 Å². The van der Waals surface area contributed by atoms with Crippen molar-refractivity contribution in [3.8, 4) is 0 Å².